The van der Waals surface area contributed by atoms with Crippen LogP contribution in [0.1, 0.15) is 26.7 Å². The Morgan fingerprint density at radius 3 is 2.53 bits per heavy atom. The molecule has 0 aromatic carbocycles. The summed E-state index contributed by atoms with van der Waals surface area (Å²) in [5, 5.41) is 3.51. The molecule has 0 saturated heterocycles. The second-order valence-corrected chi connectivity index (χ2v) is 4.82. The number of hydrogen-bond donors (Lipinski definition) is 1. The molecule has 1 unspecified atom stereocenters. The third-order valence-electron chi connectivity index (χ3n) is 2.64. The Morgan fingerprint density at radius 2 is 2.00 bits per heavy atom. The van der Waals surface area contributed by atoms with Gasteiger partial charge in [-0.15, -0.1) is 0 Å². The quantitative estimate of drug-likeness (QED) is 0.594. The molecule has 1 rings (SSSR count). The van der Waals surface area contributed by atoms with Gasteiger partial charge in [-0.1, -0.05) is 13.8 Å². The van der Waals surface area contributed by atoms with Gasteiger partial charge in [0.05, 0.1) is 13.2 Å². The van der Waals surface area contributed by atoms with E-state index in [2.05, 4.69) is 19.2 Å². The molecule has 0 aromatic heterocycles. The van der Waals surface area contributed by atoms with Gasteiger partial charge in [-0.2, -0.15) is 0 Å². The first-order valence-electron chi connectivity index (χ1n) is 6.04. The van der Waals surface area contributed by atoms with Crippen LogP contribution >= 0.6 is 0 Å². The van der Waals surface area contributed by atoms with Crippen molar-refractivity contribution >= 4 is 0 Å². The second-order valence-electron chi connectivity index (χ2n) is 4.82. The van der Waals surface area contributed by atoms with Crippen LogP contribution in [-0.4, -0.2) is 39.5 Å². The van der Waals surface area contributed by atoms with E-state index in [1.807, 2.05) is 0 Å². The van der Waals surface area contributed by atoms with Crippen LogP contribution in [0.4, 0.5) is 0 Å². The molecule has 3 heteroatoms. The molecule has 0 aromatic rings. The Morgan fingerprint density at radius 1 is 1.27 bits per heavy atom. The summed E-state index contributed by atoms with van der Waals surface area (Å²) in [4.78, 5) is 0. The standard InChI is InChI=1S/C12H25NO2/c1-10(2)8-15-7-6-13-12(9-14-3)11-4-5-11/h10-13H,4-9H2,1-3H3. The summed E-state index contributed by atoms with van der Waals surface area (Å²) in [6, 6.07) is 0.539. The highest BCUT2D eigenvalue weighted by molar-refractivity contribution is 4.86. The van der Waals surface area contributed by atoms with Crippen molar-refractivity contribution in [2.24, 2.45) is 11.8 Å². The Hall–Kier alpha value is -0.120. The molecule has 0 bridgehead atoms. The molecule has 0 amide bonds. The molecule has 1 N–H and O–H groups in total. The lowest BCUT2D eigenvalue weighted by Gasteiger charge is -2.17. The van der Waals surface area contributed by atoms with E-state index in [1.54, 1.807) is 7.11 Å². The number of hydrogen-bond acceptors (Lipinski definition) is 3. The lowest BCUT2D eigenvalue weighted by molar-refractivity contribution is 0.102. The fourth-order valence-corrected chi connectivity index (χ4v) is 1.68. The lowest BCUT2D eigenvalue weighted by atomic mass is 10.2. The van der Waals surface area contributed by atoms with Gasteiger partial charge in [0.2, 0.25) is 0 Å². The number of nitrogens with one attached hydrogen (secondary N) is 1. The van der Waals surface area contributed by atoms with Gasteiger partial charge >= 0.3 is 0 Å². The monoisotopic (exact) mass is 215 g/mol. The molecule has 15 heavy (non-hydrogen) atoms. The van der Waals surface area contributed by atoms with Crippen molar-refractivity contribution < 1.29 is 9.47 Å². The van der Waals surface area contributed by atoms with Crippen molar-refractivity contribution in [3.05, 3.63) is 0 Å². The van der Waals surface area contributed by atoms with Crippen LogP contribution in [0.15, 0.2) is 0 Å². The molecule has 1 saturated carbocycles. The first-order valence-corrected chi connectivity index (χ1v) is 6.04. The Kier molecular flexibility index (Phi) is 6.22. The van der Waals surface area contributed by atoms with Crippen molar-refractivity contribution in [2.45, 2.75) is 32.7 Å². The fraction of sp³-hybridized carbons (Fsp3) is 1.00. The largest absolute Gasteiger partial charge is 0.383 e. The Bertz CT molecular complexity index is 158. The topological polar surface area (TPSA) is 30.5 Å². The van der Waals surface area contributed by atoms with E-state index in [1.165, 1.54) is 12.8 Å². The van der Waals surface area contributed by atoms with Crippen LogP contribution < -0.4 is 5.32 Å². The number of rotatable bonds is 9. The van der Waals surface area contributed by atoms with Crippen LogP contribution in [0.3, 0.4) is 0 Å². The van der Waals surface area contributed by atoms with Crippen molar-refractivity contribution in [3.8, 4) is 0 Å². The second kappa shape index (κ2) is 7.20. The summed E-state index contributed by atoms with van der Waals surface area (Å²) >= 11 is 0. The molecule has 1 atom stereocenters. The van der Waals surface area contributed by atoms with E-state index < -0.39 is 0 Å². The maximum Gasteiger partial charge on any atom is 0.0618 e. The van der Waals surface area contributed by atoms with Gasteiger partial charge in [0.25, 0.3) is 0 Å². The van der Waals surface area contributed by atoms with Crippen LogP contribution in [0.2, 0.25) is 0 Å². The molecular weight excluding hydrogens is 190 g/mol. The minimum atomic E-state index is 0.539. The van der Waals surface area contributed by atoms with Crippen LogP contribution in [0.5, 0.6) is 0 Å². The van der Waals surface area contributed by atoms with Crippen molar-refractivity contribution in [1.82, 2.24) is 5.32 Å². The van der Waals surface area contributed by atoms with E-state index in [9.17, 15) is 0 Å². The molecule has 3 nitrogen and oxygen atoms in total. The van der Waals surface area contributed by atoms with Gasteiger partial charge in [0.15, 0.2) is 0 Å². The van der Waals surface area contributed by atoms with Gasteiger partial charge in [0.1, 0.15) is 0 Å². The van der Waals surface area contributed by atoms with Crippen molar-refractivity contribution in [2.75, 3.05) is 33.5 Å². The number of ether oxygens (including phenoxy) is 2. The highest BCUT2D eigenvalue weighted by Gasteiger charge is 2.30. The molecule has 0 aliphatic heterocycles. The highest BCUT2D eigenvalue weighted by Crippen LogP contribution is 2.32. The highest BCUT2D eigenvalue weighted by atomic mass is 16.5. The van der Waals surface area contributed by atoms with Crippen LogP contribution in [0, 0.1) is 11.8 Å². The van der Waals surface area contributed by atoms with Crippen molar-refractivity contribution in [3.63, 3.8) is 0 Å². The van der Waals surface area contributed by atoms with E-state index in [0.29, 0.717) is 12.0 Å². The Balaban J connectivity index is 1.96. The van der Waals surface area contributed by atoms with Gasteiger partial charge in [0, 0.05) is 26.3 Å². The fourth-order valence-electron chi connectivity index (χ4n) is 1.68. The van der Waals surface area contributed by atoms with Crippen LogP contribution in [-0.2, 0) is 9.47 Å². The van der Waals surface area contributed by atoms with E-state index in [-0.39, 0.29) is 0 Å². The predicted molar refractivity (Wildman–Crippen MR) is 62.0 cm³/mol. The maximum absolute atomic E-state index is 5.52. The maximum atomic E-state index is 5.52. The summed E-state index contributed by atoms with van der Waals surface area (Å²) in [6.07, 6.45) is 2.71. The van der Waals surface area contributed by atoms with E-state index in [0.717, 1.165) is 32.3 Å². The summed E-state index contributed by atoms with van der Waals surface area (Å²) in [5.74, 6) is 1.47. The first kappa shape index (κ1) is 12.9. The van der Waals surface area contributed by atoms with Gasteiger partial charge < -0.3 is 14.8 Å². The minimum Gasteiger partial charge on any atom is -0.383 e. The Labute approximate surface area is 93.5 Å². The average Bonchev–Trinajstić information content (AvgIpc) is 2.98. The zero-order valence-electron chi connectivity index (χ0n) is 10.3. The molecule has 1 fully saturated rings. The molecular formula is C12H25NO2. The smallest absolute Gasteiger partial charge is 0.0618 e. The zero-order valence-corrected chi connectivity index (χ0v) is 10.3. The minimum absolute atomic E-state index is 0.539. The zero-order chi connectivity index (χ0) is 11.1. The molecule has 0 heterocycles. The molecule has 0 spiro atoms. The summed E-state index contributed by atoms with van der Waals surface area (Å²) in [5.41, 5.74) is 0. The van der Waals surface area contributed by atoms with Gasteiger partial charge in [-0.3, -0.25) is 0 Å². The average molecular weight is 215 g/mol. The number of methoxy groups -OCH3 is 1. The van der Waals surface area contributed by atoms with Crippen LogP contribution in [0.25, 0.3) is 0 Å². The van der Waals surface area contributed by atoms with E-state index in [4.69, 9.17) is 9.47 Å². The van der Waals surface area contributed by atoms with Gasteiger partial charge in [-0.25, -0.2) is 0 Å². The normalized spacial score (nSPS) is 18.4. The van der Waals surface area contributed by atoms with Gasteiger partial charge in [-0.05, 0) is 24.7 Å². The summed E-state index contributed by atoms with van der Waals surface area (Å²) < 4.78 is 10.7. The van der Waals surface area contributed by atoms with E-state index >= 15 is 0 Å². The first-order chi connectivity index (χ1) is 7.24. The lowest BCUT2D eigenvalue weighted by Crippen LogP contribution is -2.37. The predicted octanol–water partition coefficient (Wildman–Crippen LogP) is 1.67. The summed E-state index contributed by atoms with van der Waals surface area (Å²) in [6.45, 7) is 7.79. The molecule has 1 aliphatic carbocycles. The summed E-state index contributed by atoms with van der Waals surface area (Å²) in [7, 11) is 1.77. The molecule has 0 radical (unpaired) electrons. The van der Waals surface area contributed by atoms with Crippen molar-refractivity contribution in [1.29, 1.82) is 0 Å². The SMILES string of the molecule is COCC(NCCOCC(C)C)C1CC1. The molecule has 1 aliphatic rings. The molecule has 90 valence electrons. The third kappa shape index (κ3) is 6.13. The third-order valence-corrected chi connectivity index (χ3v) is 2.64.